The van der Waals surface area contributed by atoms with Crippen LogP contribution in [0.1, 0.15) is 12.0 Å². The van der Waals surface area contributed by atoms with Gasteiger partial charge in [-0.15, -0.1) is 0 Å². The van der Waals surface area contributed by atoms with Gasteiger partial charge in [-0.2, -0.15) is 0 Å². The Labute approximate surface area is 106 Å². The molecule has 0 aliphatic rings. The zero-order chi connectivity index (χ0) is 12.5. The molecule has 1 rings (SSSR count). The van der Waals surface area contributed by atoms with E-state index in [1.165, 1.54) is 0 Å². The smallest absolute Gasteiger partial charge is 0.237 e. The molecule has 0 aliphatic heterocycles. The van der Waals surface area contributed by atoms with Crippen molar-refractivity contribution in [2.24, 2.45) is 5.73 Å². The average molecular weight is 254 g/mol. The molecule has 0 heterocycles. The molecule has 1 aromatic carbocycles. The molecule has 1 atom stereocenters. The highest BCUT2D eigenvalue weighted by Crippen LogP contribution is 2.02. The number of hydrogen-bond acceptors (Lipinski definition) is 4. The minimum atomic E-state index is -0.515. The van der Waals surface area contributed by atoms with E-state index < -0.39 is 6.04 Å². The molecule has 5 heteroatoms. The topological polar surface area (TPSA) is 75.4 Å². The lowest BCUT2D eigenvalue weighted by Gasteiger charge is -2.11. The second-order valence-electron chi connectivity index (χ2n) is 3.77. The van der Waals surface area contributed by atoms with Crippen LogP contribution in [0, 0.1) is 0 Å². The van der Waals surface area contributed by atoms with Crippen LogP contribution in [0.5, 0.6) is 0 Å². The summed E-state index contributed by atoms with van der Waals surface area (Å²) in [5.41, 5.74) is 6.85. The van der Waals surface area contributed by atoms with Crippen LogP contribution in [0.3, 0.4) is 0 Å². The van der Waals surface area contributed by atoms with E-state index in [0.29, 0.717) is 18.7 Å². The Hall–Kier alpha value is -1.04. The van der Waals surface area contributed by atoms with Crippen molar-refractivity contribution in [3.63, 3.8) is 0 Å². The highest BCUT2D eigenvalue weighted by atomic mass is 32.2. The predicted octanol–water partition coefficient (Wildman–Crippen LogP) is 1.27. The number of amides is 1. The van der Waals surface area contributed by atoms with E-state index in [9.17, 15) is 4.79 Å². The second kappa shape index (κ2) is 8.11. The first-order valence-corrected chi connectivity index (χ1v) is 6.52. The number of benzene rings is 1. The summed E-state index contributed by atoms with van der Waals surface area (Å²) in [6.07, 6.45) is 1.28. The minimum absolute atomic E-state index is 0.142. The van der Waals surface area contributed by atoms with Crippen molar-refractivity contribution in [1.82, 2.24) is 5.32 Å². The summed E-state index contributed by atoms with van der Waals surface area (Å²) in [6.45, 7) is 0.550. The molecule has 0 spiro atoms. The molecule has 4 N–H and O–H groups in total. The van der Waals surface area contributed by atoms with Gasteiger partial charge in [-0.25, -0.2) is 0 Å². The van der Waals surface area contributed by atoms with Gasteiger partial charge in [0.2, 0.25) is 5.91 Å². The van der Waals surface area contributed by atoms with Crippen molar-refractivity contribution in [2.45, 2.75) is 18.9 Å². The largest absolute Gasteiger partial charge is 0.355 e. The van der Waals surface area contributed by atoms with Crippen LogP contribution in [0.25, 0.3) is 0 Å². The SMILES string of the molecule is NC(Cc1ccccc1)C(=O)NCCCSO. The average Bonchev–Trinajstić information content (AvgIpc) is 2.35. The number of carbonyl (C=O) groups is 1. The molecule has 94 valence electrons. The Morgan fingerprint density at radius 1 is 1.41 bits per heavy atom. The van der Waals surface area contributed by atoms with Crippen molar-refractivity contribution >= 4 is 17.9 Å². The fraction of sp³-hybridized carbons (Fsp3) is 0.417. The van der Waals surface area contributed by atoms with Crippen LogP contribution in [0.15, 0.2) is 30.3 Å². The first kappa shape index (κ1) is 14.0. The zero-order valence-electron chi connectivity index (χ0n) is 9.63. The molecular formula is C12H18N2O2S. The lowest BCUT2D eigenvalue weighted by Crippen LogP contribution is -2.42. The van der Waals surface area contributed by atoms with E-state index >= 15 is 0 Å². The fourth-order valence-corrected chi connectivity index (χ4v) is 1.71. The quantitative estimate of drug-likeness (QED) is 0.506. The molecule has 0 aliphatic carbocycles. The van der Waals surface area contributed by atoms with Crippen LogP contribution in [0.2, 0.25) is 0 Å². The van der Waals surface area contributed by atoms with Crippen LogP contribution < -0.4 is 11.1 Å². The molecule has 0 aromatic heterocycles. The lowest BCUT2D eigenvalue weighted by atomic mass is 10.1. The Balaban J connectivity index is 2.27. The van der Waals surface area contributed by atoms with Crippen molar-refractivity contribution < 1.29 is 9.35 Å². The highest BCUT2D eigenvalue weighted by Gasteiger charge is 2.12. The normalized spacial score (nSPS) is 12.1. The Bertz CT molecular complexity index is 333. The highest BCUT2D eigenvalue weighted by molar-refractivity contribution is 7.93. The van der Waals surface area contributed by atoms with Crippen LogP contribution in [-0.2, 0) is 11.2 Å². The molecule has 0 saturated carbocycles. The summed E-state index contributed by atoms with van der Waals surface area (Å²) in [5.74, 6) is 0.477. The van der Waals surface area contributed by atoms with Gasteiger partial charge in [-0.05, 0) is 30.4 Å². The van der Waals surface area contributed by atoms with E-state index in [-0.39, 0.29) is 5.91 Å². The van der Waals surface area contributed by atoms with Crippen LogP contribution >= 0.6 is 12.0 Å². The van der Waals surface area contributed by atoms with Crippen LogP contribution in [0.4, 0.5) is 0 Å². The van der Waals surface area contributed by atoms with E-state index in [1.54, 1.807) is 0 Å². The third-order valence-electron chi connectivity index (χ3n) is 2.35. The predicted molar refractivity (Wildman–Crippen MR) is 70.8 cm³/mol. The fourth-order valence-electron chi connectivity index (χ4n) is 1.44. The maximum Gasteiger partial charge on any atom is 0.237 e. The van der Waals surface area contributed by atoms with Gasteiger partial charge in [-0.3, -0.25) is 4.79 Å². The standard InChI is InChI=1S/C12H18N2O2S/c13-11(9-10-5-2-1-3-6-10)12(15)14-7-4-8-17-16/h1-3,5-6,11,16H,4,7-9,13H2,(H,14,15). The van der Waals surface area contributed by atoms with Crippen molar-refractivity contribution in [3.8, 4) is 0 Å². The third kappa shape index (κ3) is 5.72. The third-order valence-corrected chi connectivity index (χ3v) is 2.82. The number of nitrogens with two attached hydrogens (primary N) is 1. The van der Waals surface area contributed by atoms with Gasteiger partial charge in [0, 0.05) is 12.3 Å². The zero-order valence-corrected chi connectivity index (χ0v) is 10.5. The van der Waals surface area contributed by atoms with Crippen molar-refractivity contribution in [2.75, 3.05) is 12.3 Å². The summed E-state index contributed by atoms with van der Waals surface area (Å²) in [7, 11) is 0. The number of nitrogens with one attached hydrogen (secondary N) is 1. The summed E-state index contributed by atoms with van der Waals surface area (Å²) in [4.78, 5) is 11.6. The molecule has 4 nitrogen and oxygen atoms in total. The molecule has 1 amide bonds. The first-order valence-electron chi connectivity index (χ1n) is 5.57. The monoisotopic (exact) mass is 254 g/mol. The molecule has 0 fully saturated rings. The summed E-state index contributed by atoms with van der Waals surface area (Å²) in [5, 5.41) is 2.75. The van der Waals surface area contributed by atoms with E-state index in [1.807, 2.05) is 30.3 Å². The minimum Gasteiger partial charge on any atom is -0.355 e. The van der Waals surface area contributed by atoms with Gasteiger partial charge < -0.3 is 15.6 Å². The van der Waals surface area contributed by atoms with Crippen molar-refractivity contribution in [3.05, 3.63) is 35.9 Å². The van der Waals surface area contributed by atoms with Gasteiger partial charge in [0.1, 0.15) is 0 Å². The van der Waals surface area contributed by atoms with E-state index in [4.69, 9.17) is 10.3 Å². The number of carbonyl (C=O) groups excluding carboxylic acids is 1. The number of hydrogen-bond donors (Lipinski definition) is 3. The van der Waals surface area contributed by atoms with Gasteiger partial charge in [0.05, 0.1) is 6.04 Å². The molecular weight excluding hydrogens is 236 g/mol. The van der Waals surface area contributed by atoms with Gasteiger partial charge in [0.15, 0.2) is 0 Å². The summed E-state index contributed by atoms with van der Waals surface area (Å²) < 4.78 is 8.51. The first-order chi connectivity index (χ1) is 8.24. The molecule has 17 heavy (non-hydrogen) atoms. The van der Waals surface area contributed by atoms with Crippen LogP contribution in [-0.4, -0.2) is 28.8 Å². The maximum absolute atomic E-state index is 11.6. The number of rotatable bonds is 7. The van der Waals surface area contributed by atoms with Gasteiger partial charge in [0.25, 0.3) is 0 Å². The van der Waals surface area contributed by atoms with Gasteiger partial charge >= 0.3 is 0 Å². The molecule has 0 radical (unpaired) electrons. The Morgan fingerprint density at radius 2 is 2.12 bits per heavy atom. The molecule has 0 saturated heterocycles. The van der Waals surface area contributed by atoms with Gasteiger partial charge in [-0.1, -0.05) is 30.3 Å². The molecule has 0 bridgehead atoms. The molecule has 1 unspecified atom stereocenters. The Kier molecular flexibility index (Phi) is 6.69. The van der Waals surface area contributed by atoms with Crippen molar-refractivity contribution in [1.29, 1.82) is 0 Å². The lowest BCUT2D eigenvalue weighted by molar-refractivity contribution is -0.122. The van der Waals surface area contributed by atoms with E-state index in [2.05, 4.69) is 5.32 Å². The summed E-state index contributed by atoms with van der Waals surface area (Å²) >= 11 is 0.782. The molecule has 1 aromatic rings. The second-order valence-corrected chi connectivity index (χ2v) is 4.44. The summed E-state index contributed by atoms with van der Waals surface area (Å²) in [6, 6.07) is 9.18. The van der Waals surface area contributed by atoms with E-state index in [0.717, 1.165) is 24.0 Å². The Morgan fingerprint density at radius 3 is 2.76 bits per heavy atom. The maximum atomic E-state index is 11.6.